The first-order valence-electron chi connectivity index (χ1n) is 14.1. The lowest BCUT2D eigenvalue weighted by Crippen LogP contribution is -2.64. The fraction of sp³-hybridized carbons (Fsp3) is 1.00. The minimum absolute atomic E-state index is 0.667. The Bertz CT molecular complexity index is 870. The highest BCUT2D eigenvalue weighted by atomic mass is 16.7. The van der Waals surface area contributed by atoms with Crippen LogP contribution in [-0.4, -0.2) is 231 Å². The Morgan fingerprint density at radius 3 is 1.30 bits per heavy atom. The predicted octanol–water partition coefficient (Wildman–Crippen LogP) is -10.8. The average Bonchev–Trinajstić information content (AvgIpc) is 3.30. The number of hydrogen-bond acceptors (Lipinski definition) is 22. The van der Waals surface area contributed by atoms with Crippen LogP contribution in [0.3, 0.4) is 0 Å². The Morgan fingerprint density at radius 2 is 0.891 bits per heavy atom. The van der Waals surface area contributed by atoms with E-state index in [-0.39, 0.29) is 0 Å². The first kappa shape index (κ1) is 39.6. The van der Waals surface area contributed by atoms with Gasteiger partial charge in [0.05, 0.1) is 33.0 Å². The van der Waals surface area contributed by atoms with Crippen LogP contribution in [0, 0.1) is 0 Å². The molecule has 272 valence electrons. The van der Waals surface area contributed by atoms with Crippen molar-refractivity contribution in [1.29, 1.82) is 0 Å². The summed E-state index contributed by atoms with van der Waals surface area (Å²) >= 11 is 0. The zero-order valence-corrected chi connectivity index (χ0v) is 24.0. The first-order valence-corrected chi connectivity index (χ1v) is 14.1. The lowest BCUT2D eigenvalue weighted by atomic mass is 9.97. The molecule has 4 saturated heterocycles. The third kappa shape index (κ3) is 8.11. The van der Waals surface area contributed by atoms with Gasteiger partial charge in [-0.15, -0.1) is 0 Å². The Hall–Kier alpha value is -0.880. The number of rotatable bonds is 9. The number of aliphatic hydroxyl groups excluding tert-OH is 15. The Balaban J connectivity index is 0.000000250. The van der Waals surface area contributed by atoms with Crippen molar-refractivity contribution in [2.45, 2.75) is 116 Å². The number of ether oxygens (including phenoxy) is 6. The second-order valence-electron chi connectivity index (χ2n) is 11.1. The van der Waals surface area contributed by atoms with Crippen LogP contribution in [0.25, 0.3) is 0 Å². The molecule has 4 aliphatic heterocycles. The van der Waals surface area contributed by atoms with Crippen LogP contribution >= 0.6 is 0 Å². The molecule has 0 saturated carbocycles. The zero-order chi connectivity index (χ0) is 34.7. The van der Waals surface area contributed by atoms with Gasteiger partial charge >= 0.3 is 0 Å². The molecule has 0 aromatic carbocycles. The third-order valence-electron chi connectivity index (χ3n) is 8.02. The molecule has 4 heterocycles. The molecule has 16 N–H and O–H groups in total. The maximum Gasteiger partial charge on any atom is 0.219 e. The zero-order valence-electron chi connectivity index (χ0n) is 24.0. The van der Waals surface area contributed by atoms with Gasteiger partial charge in [0.15, 0.2) is 18.9 Å². The Labute approximate surface area is 260 Å². The van der Waals surface area contributed by atoms with Gasteiger partial charge < -0.3 is 110 Å². The quantitative estimate of drug-likeness (QED) is 0.107. The molecule has 4 rings (SSSR count). The molecule has 0 spiro atoms. The number of hydrogen-bond donors (Lipinski definition) is 16. The highest BCUT2D eigenvalue weighted by Gasteiger charge is 2.56. The minimum Gasteiger partial charge on any atom is -0.394 e. The molecule has 0 aromatic rings. The summed E-state index contributed by atoms with van der Waals surface area (Å²) in [7, 11) is 0. The van der Waals surface area contributed by atoms with Crippen molar-refractivity contribution in [3.05, 3.63) is 0 Å². The van der Waals surface area contributed by atoms with Gasteiger partial charge in [0.1, 0.15) is 91.6 Å². The van der Waals surface area contributed by atoms with Crippen molar-refractivity contribution >= 4 is 0 Å². The second kappa shape index (κ2) is 16.7. The molecule has 22 heteroatoms. The highest BCUT2D eigenvalue weighted by Crippen LogP contribution is 2.34. The SMILES string of the molecule is OC[C@H]1O[C@@H](O[C@@H]2[C@@H](CO)O[C@](O)(CO)[C@H]2O)[C@H](O)[C@@H](O)[C@H]1O.OC[C@H]1O[C@@H](O[C@H]2[C@H](O)[C@@H](O)[C@H](O)O[C@@H]2CO)[C@H](O)[C@@H](O)[C@H]1O. The lowest BCUT2D eigenvalue weighted by molar-refractivity contribution is -0.355. The van der Waals surface area contributed by atoms with Crippen molar-refractivity contribution in [3.63, 3.8) is 0 Å². The maximum atomic E-state index is 10.00. The van der Waals surface area contributed by atoms with Crippen LogP contribution in [0.15, 0.2) is 0 Å². The van der Waals surface area contributed by atoms with E-state index in [4.69, 9.17) is 43.7 Å². The van der Waals surface area contributed by atoms with Gasteiger partial charge in [-0.25, -0.2) is 0 Å². The molecule has 46 heavy (non-hydrogen) atoms. The van der Waals surface area contributed by atoms with Crippen LogP contribution in [0.4, 0.5) is 0 Å². The highest BCUT2D eigenvalue weighted by molar-refractivity contribution is 4.98. The van der Waals surface area contributed by atoms with E-state index in [0.717, 1.165) is 0 Å². The molecule has 4 fully saturated rings. The molecular formula is C24H44O22. The summed E-state index contributed by atoms with van der Waals surface area (Å²) in [4.78, 5) is 0. The summed E-state index contributed by atoms with van der Waals surface area (Å²) in [6.45, 7) is -3.67. The molecule has 0 unspecified atom stereocenters. The molecule has 0 aromatic heterocycles. The average molecular weight is 685 g/mol. The number of aliphatic hydroxyl groups is 16. The van der Waals surface area contributed by atoms with Crippen LogP contribution in [0.5, 0.6) is 0 Å². The fourth-order valence-corrected chi connectivity index (χ4v) is 5.20. The van der Waals surface area contributed by atoms with Crippen LogP contribution < -0.4 is 0 Å². The molecule has 22 nitrogen and oxygen atoms in total. The van der Waals surface area contributed by atoms with E-state index in [1.165, 1.54) is 0 Å². The van der Waals surface area contributed by atoms with E-state index < -0.39 is 149 Å². The Kier molecular flexibility index (Phi) is 14.3. The van der Waals surface area contributed by atoms with E-state index in [1.807, 2.05) is 0 Å². The van der Waals surface area contributed by atoms with Crippen molar-refractivity contribution in [1.82, 2.24) is 0 Å². The van der Waals surface area contributed by atoms with Crippen LogP contribution in [0.1, 0.15) is 0 Å². The fourth-order valence-electron chi connectivity index (χ4n) is 5.20. The van der Waals surface area contributed by atoms with E-state index >= 15 is 0 Å². The summed E-state index contributed by atoms with van der Waals surface area (Å²) in [6, 6.07) is 0. The topological polar surface area (TPSA) is 379 Å². The Morgan fingerprint density at radius 1 is 0.457 bits per heavy atom. The lowest BCUT2D eigenvalue weighted by Gasteiger charge is -2.45. The third-order valence-corrected chi connectivity index (χ3v) is 8.02. The van der Waals surface area contributed by atoms with Gasteiger partial charge in [0.2, 0.25) is 5.79 Å². The van der Waals surface area contributed by atoms with Gasteiger partial charge in [-0.1, -0.05) is 0 Å². The second-order valence-corrected chi connectivity index (χ2v) is 11.1. The van der Waals surface area contributed by atoms with Gasteiger partial charge in [0, 0.05) is 0 Å². The van der Waals surface area contributed by atoms with Crippen LogP contribution in [0.2, 0.25) is 0 Å². The standard InChI is InChI=1S/2C12H22O11/c13-1-4-6(16)7(17)8(18)11(21-4)22-9-5(2-14)23-12(20,3-15)10(9)19;13-1-3-5(15)6(16)9(19)12(22-3)23-10-4(2-14)21-11(20)8(18)7(10)17/h4-11,13-20H,1-3H2;3-20H,1-2H2/t4-,5-,6+,7+,8-,9-,10+,11+,12-;3-,4-,5+,6+,7-,8-,9-,10-,11-,12+/m11/s1. The van der Waals surface area contributed by atoms with Gasteiger partial charge in [0.25, 0.3) is 0 Å². The molecular weight excluding hydrogens is 640 g/mol. The molecule has 0 radical (unpaired) electrons. The molecule has 19 atom stereocenters. The summed E-state index contributed by atoms with van der Waals surface area (Å²) in [5, 5.41) is 153. The molecule has 0 amide bonds. The van der Waals surface area contributed by atoms with E-state index in [0.29, 0.717) is 0 Å². The molecule has 0 aliphatic carbocycles. The monoisotopic (exact) mass is 684 g/mol. The summed E-state index contributed by atoms with van der Waals surface area (Å²) in [6.07, 6.45) is -27.8. The first-order chi connectivity index (χ1) is 21.6. The van der Waals surface area contributed by atoms with Gasteiger partial charge in [-0.3, -0.25) is 0 Å². The molecule has 0 bridgehead atoms. The van der Waals surface area contributed by atoms with Gasteiger partial charge in [-0.2, -0.15) is 0 Å². The normalized spacial score (nSPS) is 51.4. The van der Waals surface area contributed by atoms with Crippen molar-refractivity contribution in [3.8, 4) is 0 Å². The van der Waals surface area contributed by atoms with Gasteiger partial charge in [-0.05, 0) is 0 Å². The van der Waals surface area contributed by atoms with Crippen LogP contribution in [-0.2, 0) is 28.4 Å². The summed E-state index contributed by atoms with van der Waals surface area (Å²) in [5.74, 6) is -2.37. The van der Waals surface area contributed by atoms with Crippen molar-refractivity contribution in [2.75, 3.05) is 33.0 Å². The largest absolute Gasteiger partial charge is 0.394 e. The summed E-state index contributed by atoms with van der Waals surface area (Å²) in [5.41, 5.74) is 0. The van der Waals surface area contributed by atoms with E-state index in [2.05, 4.69) is 0 Å². The maximum absolute atomic E-state index is 10.00. The minimum atomic E-state index is -2.37. The summed E-state index contributed by atoms with van der Waals surface area (Å²) < 4.78 is 30.6. The predicted molar refractivity (Wildman–Crippen MR) is 137 cm³/mol. The smallest absolute Gasteiger partial charge is 0.219 e. The van der Waals surface area contributed by atoms with Crippen molar-refractivity contribution < 1.29 is 110 Å². The molecule has 4 aliphatic rings. The van der Waals surface area contributed by atoms with Crippen molar-refractivity contribution in [2.24, 2.45) is 0 Å². The van der Waals surface area contributed by atoms with E-state index in [9.17, 15) is 66.4 Å². The van der Waals surface area contributed by atoms with E-state index in [1.54, 1.807) is 0 Å².